The number of carbonyl (C=O) groups is 1. The zero-order chi connectivity index (χ0) is 14.5. The summed E-state index contributed by atoms with van der Waals surface area (Å²) in [6, 6.07) is 0.506. The van der Waals surface area contributed by atoms with E-state index in [-0.39, 0.29) is 11.8 Å². The molecule has 20 heavy (non-hydrogen) atoms. The zero-order valence-electron chi connectivity index (χ0n) is 11.9. The summed E-state index contributed by atoms with van der Waals surface area (Å²) in [7, 11) is -1.28. The van der Waals surface area contributed by atoms with Gasteiger partial charge in [-0.15, -0.1) is 0 Å². The number of carboxylic acid groups (broad SMARTS) is 1. The molecular formula is C13H25BN2O4. The summed E-state index contributed by atoms with van der Waals surface area (Å²) in [5.74, 6) is -0.877. The van der Waals surface area contributed by atoms with Gasteiger partial charge in [-0.1, -0.05) is 6.42 Å². The molecule has 2 rings (SSSR count). The average molecular weight is 284 g/mol. The standard InChI is InChI=1S/C13H25BN2O4/c17-13(18)12-9-16(11-3-6-15-7-4-11)8-10(12)2-1-5-14(19)20/h10-12,15,19-20H,1-9H2,(H,17,18)/t10-,12+/m0/s1. The van der Waals surface area contributed by atoms with Crippen molar-refractivity contribution in [3.8, 4) is 0 Å². The van der Waals surface area contributed by atoms with Crippen molar-refractivity contribution in [3.63, 3.8) is 0 Å². The van der Waals surface area contributed by atoms with E-state index in [1.54, 1.807) is 0 Å². The number of carboxylic acids is 1. The fourth-order valence-corrected chi connectivity index (χ4v) is 3.51. The van der Waals surface area contributed by atoms with Crippen LogP contribution in [-0.2, 0) is 4.79 Å². The van der Waals surface area contributed by atoms with Gasteiger partial charge in [-0.25, -0.2) is 0 Å². The highest BCUT2D eigenvalue weighted by Crippen LogP contribution is 2.31. The number of nitrogens with zero attached hydrogens (tertiary/aromatic N) is 1. The van der Waals surface area contributed by atoms with Crippen LogP contribution in [0.3, 0.4) is 0 Å². The topological polar surface area (TPSA) is 93.0 Å². The number of nitrogens with one attached hydrogen (secondary N) is 1. The first-order valence-electron chi connectivity index (χ1n) is 7.61. The minimum Gasteiger partial charge on any atom is -0.481 e. The van der Waals surface area contributed by atoms with E-state index >= 15 is 0 Å². The van der Waals surface area contributed by atoms with E-state index in [1.807, 2.05) is 0 Å². The molecule has 0 saturated carbocycles. The lowest BCUT2D eigenvalue weighted by atomic mass is 9.80. The number of aliphatic carboxylic acids is 1. The fourth-order valence-electron chi connectivity index (χ4n) is 3.51. The van der Waals surface area contributed by atoms with E-state index in [9.17, 15) is 9.90 Å². The van der Waals surface area contributed by atoms with Crippen molar-refractivity contribution in [3.05, 3.63) is 0 Å². The van der Waals surface area contributed by atoms with E-state index < -0.39 is 13.1 Å². The lowest BCUT2D eigenvalue weighted by Gasteiger charge is -2.31. The summed E-state index contributed by atoms with van der Waals surface area (Å²) < 4.78 is 0. The molecule has 2 fully saturated rings. The minimum atomic E-state index is -1.28. The Labute approximate surface area is 120 Å². The van der Waals surface area contributed by atoms with Gasteiger partial charge in [0.15, 0.2) is 0 Å². The van der Waals surface area contributed by atoms with Gasteiger partial charge in [0, 0.05) is 19.1 Å². The molecule has 114 valence electrons. The lowest BCUT2D eigenvalue weighted by Crippen LogP contribution is -2.42. The molecule has 0 radical (unpaired) electrons. The van der Waals surface area contributed by atoms with Crippen LogP contribution in [0.4, 0.5) is 0 Å². The quantitative estimate of drug-likeness (QED) is 0.497. The highest BCUT2D eigenvalue weighted by molar-refractivity contribution is 6.40. The van der Waals surface area contributed by atoms with Gasteiger partial charge in [0.1, 0.15) is 0 Å². The molecule has 2 atom stereocenters. The largest absolute Gasteiger partial charge is 0.481 e. The van der Waals surface area contributed by atoms with Gasteiger partial charge < -0.3 is 20.5 Å². The van der Waals surface area contributed by atoms with Gasteiger partial charge in [0.25, 0.3) is 0 Å². The highest BCUT2D eigenvalue weighted by atomic mass is 16.4. The summed E-state index contributed by atoms with van der Waals surface area (Å²) in [5, 5.41) is 30.5. The molecule has 0 spiro atoms. The predicted octanol–water partition coefficient (Wildman–Crippen LogP) is -0.376. The van der Waals surface area contributed by atoms with Crippen LogP contribution >= 0.6 is 0 Å². The van der Waals surface area contributed by atoms with Crippen LogP contribution in [-0.4, -0.2) is 65.4 Å². The Morgan fingerprint density at radius 1 is 1.25 bits per heavy atom. The predicted molar refractivity (Wildman–Crippen MR) is 76.3 cm³/mol. The molecule has 2 heterocycles. The lowest BCUT2D eigenvalue weighted by molar-refractivity contribution is -0.142. The van der Waals surface area contributed by atoms with Gasteiger partial charge in [-0.3, -0.25) is 9.69 Å². The highest BCUT2D eigenvalue weighted by Gasteiger charge is 2.39. The van der Waals surface area contributed by atoms with Crippen molar-refractivity contribution in [1.29, 1.82) is 0 Å². The molecular weight excluding hydrogens is 259 g/mol. The number of likely N-dealkylation sites (tertiary alicyclic amines) is 1. The molecule has 2 saturated heterocycles. The van der Waals surface area contributed by atoms with Crippen molar-refractivity contribution >= 4 is 13.1 Å². The Balaban J connectivity index is 1.87. The van der Waals surface area contributed by atoms with Crippen LogP contribution in [0.15, 0.2) is 0 Å². The van der Waals surface area contributed by atoms with Crippen molar-refractivity contribution in [1.82, 2.24) is 10.2 Å². The summed E-state index contributed by atoms with van der Waals surface area (Å²) in [4.78, 5) is 13.7. The molecule has 2 aliphatic heterocycles. The molecule has 0 amide bonds. The molecule has 4 N–H and O–H groups in total. The second-order valence-electron chi connectivity index (χ2n) is 6.05. The van der Waals surface area contributed by atoms with Gasteiger partial charge in [0.2, 0.25) is 0 Å². The molecule has 0 unspecified atom stereocenters. The third-order valence-corrected chi connectivity index (χ3v) is 4.65. The van der Waals surface area contributed by atoms with Crippen molar-refractivity contribution in [2.24, 2.45) is 11.8 Å². The third-order valence-electron chi connectivity index (χ3n) is 4.65. The fraction of sp³-hybridized carbons (Fsp3) is 0.923. The van der Waals surface area contributed by atoms with Gasteiger partial charge >= 0.3 is 13.1 Å². The molecule has 2 aliphatic rings. The average Bonchev–Trinajstić information content (AvgIpc) is 2.84. The van der Waals surface area contributed by atoms with E-state index in [0.29, 0.717) is 25.3 Å². The normalized spacial score (nSPS) is 28.7. The van der Waals surface area contributed by atoms with Crippen LogP contribution in [0.2, 0.25) is 6.32 Å². The van der Waals surface area contributed by atoms with Crippen molar-refractivity contribution in [2.45, 2.75) is 38.0 Å². The van der Waals surface area contributed by atoms with Crippen LogP contribution in [0, 0.1) is 11.8 Å². The Kier molecular flexibility index (Phi) is 5.83. The van der Waals surface area contributed by atoms with Gasteiger partial charge in [-0.2, -0.15) is 0 Å². The summed E-state index contributed by atoms with van der Waals surface area (Å²) >= 11 is 0. The second-order valence-corrected chi connectivity index (χ2v) is 6.05. The van der Waals surface area contributed by atoms with E-state index in [0.717, 1.165) is 38.9 Å². The number of piperidine rings is 1. The maximum absolute atomic E-state index is 11.4. The van der Waals surface area contributed by atoms with Crippen molar-refractivity contribution in [2.75, 3.05) is 26.2 Å². The molecule has 0 aromatic carbocycles. The Morgan fingerprint density at radius 3 is 2.55 bits per heavy atom. The Hall–Kier alpha value is -0.625. The van der Waals surface area contributed by atoms with E-state index in [1.165, 1.54) is 0 Å². The zero-order valence-corrected chi connectivity index (χ0v) is 11.9. The molecule has 6 nitrogen and oxygen atoms in total. The molecule has 0 aliphatic carbocycles. The number of hydrogen-bond donors (Lipinski definition) is 4. The van der Waals surface area contributed by atoms with Crippen LogP contribution in [0.5, 0.6) is 0 Å². The molecule has 0 aromatic heterocycles. The molecule has 0 bridgehead atoms. The third kappa shape index (κ3) is 4.18. The number of rotatable bonds is 6. The van der Waals surface area contributed by atoms with Gasteiger partial charge in [0.05, 0.1) is 5.92 Å². The first kappa shape index (κ1) is 15.8. The van der Waals surface area contributed by atoms with Gasteiger partial charge in [-0.05, 0) is 44.6 Å². The minimum absolute atomic E-state index is 0.140. The maximum atomic E-state index is 11.4. The van der Waals surface area contributed by atoms with Crippen molar-refractivity contribution < 1.29 is 19.9 Å². The Bertz CT molecular complexity index is 323. The van der Waals surface area contributed by atoms with Crippen LogP contribution in [0.25, 0.3) is 0 Å². The summed E-state index contributed by atoms with van der Waals surface area (Å²) in [6.07, 6.45) is 3.95. The molecule has 7 heteroatoms. The van der Waals surface area contributed by atoms with E-state index in [2.05, 4.69) is 10.2 Å². The first-order chi connectivity index (χ1) is 9.58. The smallest absolute Gasteiger partial charge is 0.451 e. The SMILES string of the molecule is O=C(O)[C@@H]1CN(C2CCNCC2)C[C@@H]1CCCB(O)O. The Morgan fingerprint density at radius 2 is 1.95 bits per heavy atom. The monoisotopic (exact) mass is 284 g/mol. The van der Waals surface area contributed by atoms with E-state index in [4.69, 9.17) is 10.0 Å². The first-order valence-corrected chi connectivity index (χ1v) is 7.61. The number of hydrogen-bond acceptors (Lipinski definition) is 5. The van der Waals surface area contributed by atoms with Crippen LogP contribution < -0.4 is 5.32 Å². The molecule has 0 aromatic rings. The second kappa shape index (κ2) is 7.40. The maximum Gasteiger partial charge on any atom is 0.451 e. The summed E-state index contributed by atoms with van der Waals surface area (Å²) in [5.41, 5.74) is 0. The van der Waals surface area contributed by atoms with Crippen LogP contribution in [0.1, 0.15) is 25.7 Å². The summed E-state index contributed by atoms with van der Waals surface area (Å²) in [6.45, 7) is 3.51.